The zero-order valence-electron chi connectivity index (χ0n) is 20.6. The van der Waals surface area contributed by atoms with Gasteiger partial charge in [-0.3, -0.25) is 0 Å². The first-order valence-electron chi connectivity index (χ1n) is 12.1. The molecule has 4 rings (SSSR count). The summed E-state index contributed by atoms with van der Waals surface area (Å²) in [6, 6.07) is 41.9. The molecule has 0 amide bonds. The van der Waals surface area contributed by atoms with Gasteiger partial charge in [0.25, 0.3) is 0 Å². The highest BCUT2D eigenvalue weighted by atomic mass is 32.2. The van der Waals surface area contributed by atoms with Crippen molar-refractivity contribution in [1.29, 1.82) is 0 Å². The van der Waals surface area contributed by atoms with Crippen LogP contribution >= 0.6 is 0 Å². The van der Waals surface area contributed by atoms with E-state index >= 15 is 0 Å². The van der Waals surface area contributed by atoms with E-state index in [4.69, 9.17) is 0 Å². The molecule has 0 fully saturated rings. The summed E-state index contributed by atoms with van der Waals surface area (Å²) in [4.78, 5) is 1.45. The molecule has 0 nitrogen and oxygen atoms in total. The number of aryl methyl sites for hydroxylation is 1. The second-order valence-electron chi connectivity index (χ2n) is 9.05. The fourth-order valence-electron chi connectivity index (χ4n) is 4.74. The molecule has 0 N–H and O–H groups in total. The number of unbranched alkanes of at least 4 members (excludes halogenated alkanes) is 1. The number of hydrogen-bond donors (Lipinski definition) is 0. The Bertz CT molecular complexity index is 962. The molecular formula is C31H37BS. The highest BCUT2D eigenvalue weighted by Crippen LogP contribution is 2.16. The quantitative estimate of drug-likeness (QED) is 0.232. The molecule has 0 aromatic heterocycles. The monoisotopic (exact) mass is 452 g/mol. The minimum atomic E-state index is -0.913. The van der Waals surface area contributed by atoms with Gasteiger partial charge < -0.3 is 0 Å². The molecule has 0 spiro atoms. The van der Waals surface area contributed by atoms with E-state index in [2.05, 4.69) is 142 Å². The SMILES string of the molecule is CCCC[B-](c1ccccc1)(c1ccccc1)c1ccccc1.Cc1ccc([S+](C)C)cc1. The van der Waals surface area contributed by atoms with Crippen LogP contribution in [0.1, 0.15) is 25.3 Å². The van der Waals surface area contributed by atoms with Crippen LogP contribution in [0.5, 0.6) is 0 Å². The summed E-state index contributed by atoms with van der Waals surface area (Å²) >= 11 is 0. The molecule has 4 aromatic carbocycles. The highest BCUT2D eigenvalue weighted by molar-refractivity contribution is 7.95. The van der Waals surface area contributed by atoms with Gasteiger partial charge in [0, 0.05) is 10.9 Å². The van der Waals surface area contributed by atoms with Crippen molar-refractivity contribution in [2.75, 3.05) is 12.5 Å². The maximum atomic E-state index is 2.30. The van der Waals surface area contributed by atoms with Gasteiger partial charge >= 0.3 is 0 Å². The van der Waals surface area contributed by atoms with Crippen molar-refractivity contribution >= 4 is 33.4 Å². The van der Waals surface area contributed by atoms with Gasteiger partial charge in [-0.1, -0.05) is 128 Å². The molecule has 4 aromatic rings. The van der Waals surface area contributed by atoms with Gasteiger partial charge in [0.2, 0.25) is 0 Å². The van der Waals surface area contributed by atoms with Crippen molar-refractivity contribution in [2.45, 2.75) is 37.9 Å². The molecule has 0 radical (unpaired) electrons. The summed E-state index contributed by atoms with van der Waals surface area (Å²) in [5.74, 6) is 0. The largest absolute Gasteiger partial charge is 0.200 e. The predicted octanol–water partition coefficient (Wildman–Crippen LogP) is 6.19. The normalized spacial score (nSPS) is 11.1. The Morgan fingerprint density at radius 1 is 0.576 bits per heavy atom. The van der Waals surface area contributed by atoms with E-state index in [9.17, 15) is 0 Å². The van der Waals surface area contributed by atoms with Gasteiger partial charge in [0.05, 0.1) is 6.15 Å². The second-order valence-corrected chi connectivity index (χ2v) is 11.2. The van der Waals surface area contributed by atoms with Crippen LogP contribution in [-0.2, 0) is 10.9 Å². The first-order valence-corrected chi connectivity index (χ1v) is 14.1. The van der Waals surface area contributed by atoms with Crippen molar-refractivity contribution in [2.24, 2.45) is 0 Å². The lowest BCUT2D eigenvalue weighted by Crippen LogP contribution is -2.66. The van der Waals surface area contributed by atoms with E-state index in [1.165, 1.54) is 46.0 Å². The molecule has 170 valence electrons. The van der Waals surface area contributed by atoms with Crippen LogP contribution in [0, 0.1) is 6.92 Å². The molecular weight excluding hydrogens is 415 g/mol. The average molecular weight is 453 g/mol. The maximum absolute atomic E-state index is 2.30. The lowest BCUT2D eigenvalue weighted by atomic mass is 9.14. The van der Waals surface area contributed by atoms with Crippen molar-refractivity contribution in [3.05, 3.63) is 121 Å². The molecule has 0 aliphatic rings. The maximum Gasteiger partial charge on any atom is 0.154 e. The number of benzene rings is 4. The van der Waals surface area contributed by atoms with Gasteiger partial charge in [-0.25, -0.2) is 0 Å². The van der Waals surface area contributed by atoms with E-state index < -0.39 is 6.15 Å². The summed E-state index contributed by atoms with van der Waals surface area (Å²) in [7, 11) is 0.413. The standard InChI is InChI=1S/C22H24B.C9H13S/c1-2-3-19-23(20-13-7-4-8-14-20,21-15-9-5-10-16-21)22-17-11-6-12-18-22;1-8-4-6-9(7-5-8)10(2)3/h4-18H,2-3,19H2,1H3;4-7H,1-3H3/q-1;+1. The van der Waals surface area contributed by atoms with Gasteiger partial charge in [-0.2, -0.15) is 22.7 Å². The lowest BCUT2D eigenvalue weighted by Gasteiger charge is -2.43. The molecule has 0 atom stereocenters. The Labute approximate surface area is 204 Å². The fourth-order valence-corrected chi connectivity index (χ4v) is 5.42. The molecule has 0 unspecified atom stereocenters. The first kappa shape index (κ1) is 24.9. The molecule has 0 aliphatic carbocycles. The molecule has 0 bridgehead atoms. The third-order valence-electron chi connectivity index (χ3n) is 6.59. The van der Waals surface area contributed by atoms with Crippen LogP contribution in [0.3, 0.4) is 0 Å². The molecule has 0 saturated heterocycles. The molecule has 0 aliphatic heterocycles. The summed E-state index contributed by atoms with van der Waals surface area (Å²) in [5.41, 5.74) is 5.67. The molecule has 33 heavy (non-hydrogen) atoms. The fraction of sp³-hybridized carbons (Fsp3) is 0.226. The smallest absolute Gasteiger partial charge is 0.154 e. The highest BCUT2D eigenvalue weighted by Gasteiger charge is 2.28. The average Bonchev–Trinajstić information content (AvgIpc) is 2.87. The summed E-state index contributed by atoms with van der Waals surface area (Å²) in [6.45, 7) is 4.40. The predicted molar refractivity (Wildman–Crippen MR) is 152 cm³/mol. The van der Waals surface area contributed by atoms with Gasteiger partial charge in [0.15, 0.2) is 4.90 Å². The lowest BCUT2D eigenvalue weighted by molar-refractivity contribution is 0.874. The third-order valence-corrected chi connectivity index (χ3v) is 7.80. The Kier molecular flexibility index (Phi) is 9.45. The Balaban J connectivity index is 0.000000257. The van der Waals surface area contributed by atoms with Crippen LogP contribution in [0.25, 0.3) is 0 Å². The van der Waals surface area contributed by atoms with E-state index in [-0.39, 0.29) is 0 Å². The van der Waals surface area contributed by atoms with Crippen LogP contribution in [0.4, 0.5) is 0 Å². The summed E-state index contributed by atoms with van der Waals surface area (Å²) in [6.07, 6.45) is 7.21. The van der Waals surface area contributed by atoms with E-state index in [0.717, 1.165) is 0 Å². The molecule has 0 heterocycles. The molecule has 2 heteroatoms. The zero-order chi connectivity index (χ0) is 23.5. The van der Waals surface area contributed by atoms with Crippen molar-refractivity contribution < 1.29 is 0 Å². The van der Waals surface area contributed by atoms with Crippen LogP contribution in [0.2, 0.25) is 6.32 Å². The summed E-state index contributed by atoms with van der Waals surface area (Å²) in [5, 5.41) is 0. The van der Waals surface area contributed by atoms with Gasteiger partial charge in [-0.15, -0.1) is 0 Å². The van der Waals surface area contributed by atoms with E-state index in [1.54, 1.807) is 0 Å². The second kappa shape index (κ2) is 12.5. The van der Waals surface area contributed by atoms with Crippen LogP contribution < -0.4 is 16.4 Å². The number of rotatable bonds is 7. The van der Waals surface area contributed by atoms with Crippen molar-refractivity contribution in [3.8, 4) is 0 Å². The van der Waals surface area contributed by atoms with E-state index in [0.29, 0.717) is 10.9 Å². The minimum absolute atomic E-state index is 0.413. The van der Waals surface area contributed by atoms with Crippen LogP contribution in [0.15, 0.2) is 120 Å². The zero-order valence-corrected chi connectivity index (χ0v) is 21.4. The summed E-state index contributed by atoms with van der Waals surface area (Å²) < 4.78 is 0. The van der Waals surface area contributed by atoms with Crippen molar-refractivity contribution in [3.63, 3.8) is 0 Å². The van der Waals surface area contributed by atoms with Gasteiger partial charge in [0.1, 0.15) is 12.5 Å². The Morgan fingerprint density at radius 2 is 0.970 bits per heavy atom. The number of hydrogen-bond acceptors (Lipinski definition) is 0. The van der Waals surface area contributed by atoms with Crippen LogP contribution in [-0.4, -0.2) is 18.7 Å². The third kappa shape index (κ3) is 6.42. The molecule has 0 saturated carbocycles. The Morgan fingerprint density at radius 3 is 1.30 bits per heavy atom. The van der Waals surface area contributed by atoms with Crippen molar-refractivity contribution in [1.82, 2.24) is 0 Å². The topological polar surface area (TPSA) is 0 Å². The van der Waals surface area contributed by atoms with E-state index in [1.807, 2.05) is 0 Å². The van der Waals surface area contributed by atoms with Gasteiger partial charge in [-0.05, 0) is 19.1 Å². The first-order chi connectivity index (χ1) is 16.1. The minimum Gasteiger partial charge on any atom is -0.200 e. The Hall–Kier alpha value is -2.71.